The lowest BCUT2D eigenvalue weighted by Gasteiger charge is -2.35. The number of aromatic nitrogens is 3. The predicted octanol–water partition coefficient (Wildman–Crippen LogP) is 2.90. The maximum atomic E-state index is 6.33. The first-order valence-corrected chi connectivity index (χ1v) is 8.37. The summed E-state index contributed by atoms with van der Waals surface area (Å²) in [4.78, 5) is 17.5. The average molecular weight is 344 g/mol. The van der Waals surface area contributed by atoms with E-state index in [-0.39, 0.29) is 0 Å². The van der Waals surface area contributed by atoms with Crippen molar-refractivity contribution in [3.63, 3.8) is 0 Å². The van der Waals surface area contributed by atoms with Crippen molar-refractivity contribution in [2.45, 2.75) is 13.5 Å². The zero-order valence-electron chi connectivity index (χ0n) is 13.4. The molecule has 7 heteroatoms. The molecule has 0 saturated carbocycles. The fourth-order valence-electron chi connectivity index (χ4n) is 2.96. The molecule has 0 unspecified atom stereocenters. The third kappa shape index (κ3) is 2.95. The molecule has 0 bridgehead atoms. The first-order chi connectivity index (χ1) is 11.7. The van der Waals surface area contributed by atoms with Crippen molar-refractivity contribution in [3.05, 3.63) is 47.2 Å². The highest BCUT2D eigenvalue weighted by Crippen LogP contribution is 2.26. The van der Waals surface area contributed by atoms with Gasteiger partial charge in [-0.15, -0.1) is 0 Å². The van der Waals surface area contributed by atoms with E-state index in [2.05, 4.69) is 24.8 Å². The number of anilines is 1. The summed E-state index contributed by atoms with van der Waals surface area (Å²) in [5, 5.41) is 0.643. The molecule has 1 aliphatic rings. The van der Waals surface area contributed by atoms with E-state index in [9.17, 15) is 0 Å². The number of para-hydroxylation sites is 2. The molecule has 6 nitrogen and oxygen atoms in total. The number of halogens is 1. The normalized spacial score (nSPS) is 16.0. The third-order valence-corrected chi connectivity index (χ3v) is 4.76. The number of aryl methyl sites for hydroxylation is 1. The molecule has 1 aliphatic heterocycles. The number of piperazine rings is 1. The first-order valence-electron chi connectivity index (χ1n) is 7.99. The van der Waals surface area contributed by atoms with Crippen LogP contribution in [0, 0.1) is 6.92 Å². The number of benzene rings is 1. The molecule has 24 heavy (non-hydrogen) atoms. The van der Waals surface area contributed by atoms with Crippen LogP contribution in [0.3, 0.4) is 0 Å². The number of nitrogens with zero attached hydrogens (tertiary/aromatic N) is 5. The summed E-state index contributed by atoms with van der Waals surface area (Å²) in [7, 11) is 0. The largest absolute Gasteiger partial charge is 0.439 e. The van der Waals surface area contributed by atoms with Crippen LogP contribution in [-0.4, -0.2) is 46.0 Å². The molecule has 3 heterocycles. The fraction of sp³-hybridized carbons (Fsp3) is 0.353. The second-order valence-corrected chi connectivity index (χ2v) is 6.31. The summed E-state index contributed by atoms with van der Waals surface area (Å²) in [6, 6.07) is 7.85. The van der Waals surface area contributed by atoms with Crippen molar-refractivity contribution in [3.8, 4) is 0 Å². The minimum atomic E-state index is 0.643. The van der Waals surface area contributed by atoms with Gasteiger partial charge >= 0.3 is 0 Å². The molecular formula is C17H18ClN5O. The molecule has 0 radical (unpaired) electrons. The second-order valence-electron chi connectivity index (χ2n) is 5.94. The standard InChI is InChI=1S/C17H18ClN5O/c1-12-16(18)17(20-11-19-12)23-8-6-22(7-9-23)10-15-21-13-4-2-3-5-14(13)24-15/h2-5,11H,6-10H2,1H3. The van der Waals surface area contributed by atoms with Crippen LogP contribution in [0.2, 0.25) is 5.02 Å². The molecular weight excluding hydrogens is 326 g/mol. The Hall–Kier alpha value is -2.18. The molecule has 0 N–H and O–H groups in total. The maximum absolute atomic E-state index is 6.33. The molecule has 0 atom stereocenters. The Kier molecular flexibility index (Phi) is 4.08. The van der Waals surface area contributed by atoms with Gasteiger partial charge in [-0.1, -0.05) is 23.7 Å². The molecule has 1 aromatic carbocycles. The minimum absolute atomic E-state index is 0.643. The van der Waals surface area contributed by atoms with Crippen LogP contribution in [0.25, 0.3) is 11.1 Å². The van der Waals surface area contributed by atoms with Gasteiger partial charge in [0, 0.05) is 26.2 Å². The zero-order chi connectivity index (χ0) is 16.5. The summed E-state index contributed by atoms with van der Waals surface area (Å²) in [6.07, 6.45) is 1.57. The minimum Gasteiger partial charge on any atom is -0.439 e. The Balaban J connectivity index is 1.41. The van der Waals surface area contributed by atoms with E-state index in [1.54, 1.807) is 6.33 Å². The zero-order valence-corrected chi connectivity index (χ0v) is 14.2. The summed E-state index contributed by atoms with van der Waals surface area (Å²) < 4.78 is 5.81. The Bertz CT molecular complexity index is 824. The van der Waals surface area contributed by atoms with E-state index in [1.807, 2.05) is 31.2 Å². The van der Waals surface area contributed by atoms with Crippen molar-refractivity contribution in [2.75, 3.05) is 31.1 Å². The quantitative estimate of drug-likeness (QED) is 0.728. The van der Waals surface area contributed by atoms with Gasteiger partial charge in [0.15, 0.2) is 11.4 Å². The lowest BCUT2D eigenvalue weighted by atomic mass is 10.3. The summed E-state index contributed by atoms with van der Waals surface area (Å²) in [5.74, 6) is 1.59. The second kappa shape index (κ2) is 6.37. The summed E-state index contributed by atoms with van der Waals surface area (Å²) >= 11 is 6.33. The van der Waals surface area contributed by atoms with Gasteiger partial charge in [-0.25, -0.2) is 15.0 Å². The topological polar surface area (TPSA) is 58.3 Å². The van der Waals surface area contributed by atoms with E-state index >= 15 is 0 Å². The highest BCUT2D eigenvalue weighted by Gasteiger charge is 2.22. The van der Waals surface area contributed by atoms with Crippen LogP contribution in [0.5, 0.6) is 0 Å². The van der Waals surface area contributed by atoms with Gasteiger partial charge in [0.25, 0.3) is 0 Å². The summed E-state index contributed by atoms with van der Waals surface area (Å²) in [5.41, 5.74) is 2.57. The molecule has 0 spiro atoms. The van der Waals surface area contributed by atoms with Gasteiger partial charge in [-0.3, -0.25) is 4.90 Å². The van der Waals surface area contributed by atoms with Crippen molar-refractivity contribution in [2.24, 2.45) is 0 Å². The van der Waals surface area contributed by atoms with Crippen molar-refractivity contribution < 1.29 is 4.42 Å². The van der Waals surface area contributed by atoms with Gasteiger partial charge < -0.3 is 9.32 Å². The Morgan fingerprint density at radius 3 is 2.71 bits per heavy atom. The third-order valence-electron chi connectivity index (χ3n) is 4.31. The number of hydrogen-bond acceptors (Lipinski definition) is 6. The first kappa shape index (κ1) is 15.4. The van der Waals surface area contributed by atoms with Gasteiger partial charge in [-0.05, 0) is 19.1 Å². The molecule has 0 aliphatic carbocycles. The van der Waals surface area contributed by atoms with Crippen LogP contribution < -0.4 is 4.90 Å². The van der Waals surface area contributed by atoms with E-state index < -0.39 is 0 Å². The predicted molar refractivity (Wildman–Crippen MR) is 93.3 cm³/mol. The molecule has 0 amide bonds. The van der Waals surface area contributed by atoms with Gasteiger partial charge in [-0.2, -0.15) is 0 Å². The lowest BCUT2D eigenvalue weighted by Crippen LogP contribution is -2.46. The van der Waals surface area contributed by atoms with E-state index in [0.717, 1.165) is 61.2 Å². The maximum Gasteiger partial charge on any atom is 0.209 e. The Morgan fingerprint density at radius 1 is 1.12 bits per heavy atom. The Labute approximate surface area is 145 Å². The van der Waals surface area contributed by atoms with Crippen molar-refractivity contribution in [1.29, 1.82) is 0 Å². The highest BCUT2D eigenvalue weighted by molar-refractivity contribution is 6.33. The smallest absolute Gasteiger partial charge is 0.209 e. The van der Waals surface area contributed by atoms with Gasteiger partial charge in [0.2, 0.25) is 5.89 Å². The molecule has 1 fully saturated rings. The van der Waals surface area contributed by atoms with Gasteiger partial charge in [0.1, 0.15) is 16.9 Å². The van der Waals surface area contributed by atoms with Crippen LogP contribution in [0.1, 0.15) is 11.6 Å². The number of rotatable bonds is 3. The van der Waals surface area contributed by atoms with Crippen molar-refractivity contribution >= 4 is 28.5 Å². The molecule has 3 aromatic rings. The lowest BCUT2D eigenvalue weighted by molar-refractivity contribution is 0.228. The molecule has 4 rings (SSSR count). The number of hydrogen-bond donors (Lipinski definition) is 0. The number of oxazole rings is 1. The van der Waals surface area contributed by atoms with Crippen LogP contribution in [-0.2, 0) is 6.54 Å². The van der Waals surface area contributed by atoms with E-state index in [4.69, 9.17) is 16.0 Å². The van der Waals surface area contributed by atoms with Crippen LogP contribution in [0.15, 0.2) is 35.0 Å². The van der Waals surface area contributed by atoms with E-state index in [1.165, 1.54) is 0 Å². The SMILES string of the molecule is Cc1ncnc(N2CCN(Cc3nc4ccccc4o3)CC2)c1Cl. The average Bonchev–Trinajstić information content (AvgIpc) is 3.00. The Morgan fingerprint density at radius 2 is 1.92 bits per heavy atom. The molecule has 124 valence electrons. The van der Waals surface area contributed by atoms with Crippen LogP contribution >= 0.6 is 11.6 Å². The highest BCUT2D eigenvalue weighted by atomic mass is 35.5. The van der Waals surface area contributed by atoms with Gasteiger partial charge in [0.05, 0.1) is 12.2 Å². The molecule has 2 aromatic heterocycles. The monoisotopic (exact) mass is 343 g/mol. The fourth-order valence-corrected chi connectivity index (χ4v) is 3.18. The van der Waals surface area contributed by atoms with E-state index in [0.29, 0.717) is 5.02 Å². The summed E-state index contributed by atoms with van der Waals surface area (Å²) in [6.45, 7) is 6.19. The van der Waals surface area contributed by atoms with Crippen molar-refractivity contribution in [1.82, 2.24) is 19.9 Å². The van der Waals surface area contributed by atoms with Crippen LogP contribution in [0.4, 0.5) is 5.82 Å². The number of fused-ring (bicyclic) bond motifs is 1. The molecule has 1 saturated heterocycles.